The normalized spacial score (nSPS) is 11.3. The van der Waals surface area contributed by atoms with Crippen LogP contribution in [0.5, 0.6) is 5.75 Å². The van der Waals surface area contributed by atoms with Crippen LogP contribution in [0.4, 0.5) is 0 Å². The number of nitrogens with one attached hydrogen (secondary N) is 1. The fourth-order valence-corrected chi connectivity index (χ4v) is 1.87. The number of rotatable bonds is 8. The zero-order valence-electron chi connectivity index (χ0n) is 11.9. The Morgan fingerprint density at radius 2 is 1.95 bits per heavy atom. The summed E-state index contributed by atoms with van der Waals surface area (Å²) in [6.45, 7) is 8.14. The molecule has 4 nitrogen and oxygen atoms in total. The van der Waals surface area contributed by atoms with Gasteiger partial charge in [0.15, 0.2) is 0 Å². The summed E-state index contributed by atoms with van der Waals surface area (Å²) in [5.74, 6) is 0.104. The predicted octanol–water partition coefficient (Wildman–Crippen LogP) is 2.43. The number of benzene rings is 1. The van der Waals surface area contributed by atoms with Crippen LogP contribution in [-0.4, -0.2) is 30.8 Å². The van der Waals surface area contributed by atoms with E-state index in [0.717, 1.165) is 12.3 Å². The van der Waals surface area contributed by atoms with E-state index in [9.17, 15) is 4.79 Å². The first-order valence-corrected chi connectivity index (χ1v) is 6.61. The largest absolute Gasteiger partial charge is 0.494 e. The first-order valence-electron chi connectivity index (χ1n) is 6.61. The maximum Gasteiger partial charge on any atom is 0.304 e. The van der Waals surface area contributed by atoms with Crippen molar-refractivity contribution in [2.45, 2.75) is 32.6 Å². The minimum atomic E-state index is -0.772. The molecule has 0 bridgehead atoms. The molecule has 1 aromatic rings. The lowest BCUT2D eigenvalue weighted by Gasteiger charge is -2.26. The average molecular weight is 265 g/mol. The Bertz CT molecular complexity index is 398. The van der Waals surface area contributed by atoms with Crippen molar-refractivity contribution in [1.82, 2.24) is 5.32 Å². The third-order valence-corrected chi connectivity index (χ3v) is 3.03. The zero-order valence-corrected chi connectivity index (χ0v) is 11.9. The van der Waals surface area contributed by atoms with E-state index < -0.39 is 5.97 Å². The van der Waals surface area contributed by atoms with Crippen molar-refractivity contribution >= 4 is 5.97 Å². The molecular weight excluding hydrogens is 242 g/mol. The van der Waals surface area contributed by atoms with Crippen molar-refractivity contribution in [3.63, 3.8) is 0 Å². The lowest BCUT2D eigenvalue weighted by molar-refractivity contribution is -0.136. The van der Waals surface area contributed by atoms with Crippen molar-refractivity contribution in [3.05, 3.63) is 29.8 Å². The number of carbonyl (C=O) groups is 1. The fraction of sp³-hybridized carbons (Fsp3) is 0.533. The van der Waals surface area contributed by atoms with E-state index in [1.54, 1.807) is 0 Å². The minimum Gasteiger partial charge on any atom is -0.494 e. The van der Waals surface area contributed by atoms with Gasteiger partial charge in [-0.3, -0.25) is 4.79 Å². The summed E-state index contributed by atoms with van der Waals surface area (Å²) >= 11 is 0. The molecule has 1 aromatic carbocycles. The second-order valence-electron chi connectivity index (χ2n) is 5.16. The molecule has 2 N–H and O–H groups in total. The van der Waals surface area contributed by atoms with E-state index in [1.807, 2.05) is 19.1 Å². The van der Waals surface area contributed by atoms with Gasteiger partial charge in [-0.05, 0) is 24.6 Å². The van der Waals surface area contributed by atoms with Gasteiger partial charge >= 0.3 is 5.97 Å². The molecule has 4 heteroatoms. The Labute approximate surface area is 114 Å². The molecule has 0 aliphatic heterocycles. The molecule has 0 unspecified atom stereocenters. The Hall–Kier alpha value is -1.55. The number of carboxylic acid groups (broad SMARTS) is 1. The van der Waals surface area contributed by atoms with Gasteiger partial charge in [-0.15, -0.1) is 0 Å². The van der Waals surface area contributed by atoms with Gasteiger partial charge in [-0.1, -0.05) is 26.0 Å². The molecule has 0 saturated carbocycles. The van der Waals surface area contributed by atoms with Crippen LogP contribution in [0.1, 0.15) is 32.8 Å². The van der Waals surface area contributed by atoms with Crippen molar-refractivity contribution < 1.29 is 14.6 Å². The van der Waals surface area contributed by atoms with Crippen LogP contribution in [-0.2, 0) is 10.2 Å². The summed E-state index contributed by atoms with van der Waals surface area (Å²) in [6, 6.07) is 8.06. The maximum absolute atomic E-state index is 10.4. The Kier molecular flexibility index (Phi) is 5.83. The molecule has 0 amide bonds. The molecular formula is C15H23NO3. The molecule has 106 valence electrons. The molecule has 1 rings (SSSR count). The molecule has 19 heavy (non-hydrogen) atoms. The summed E-state index contributed by atoms with van der Waals surface area (Å²) in [7, 11) is 0. The molecule has 0 heterocycles. The first-order chi connectivity index (χ1) is 8.95. The SMILES string of the molecule is CCOc1ccc(C(C)(C)CNCCC(=O)O)cc1. The van der Waals surface area contributed by atoms with Gasteiger partial charge in [0.05, 0.1) is 13.0 Å². The average Bonchev–Trinajstić information content (AvgIpc) is 2.36. The molecule has 0 fully saturated rings. The van der Waals surface area contributed by atoms with Crippen molar-refractivity contribution in [2.75, 3.05) is 19.7 Å². The minimum absolute atomic E-state index is 0.0384. The molecule has 0 aliphatic carbocycles. The van der Waals surface area contributed by atoms with Gasteiger partial charge in [0.2, 0.25) is 0 Å². The van der Waals surface area contributed by atoms with Crippen LogP contribution in [0.2, 0.25) is 0 Å². The predicted molar refractivity (Wildman–Crippen MR) is 75.8 cm³/mol. The lowest BCUT2D eigenvalue weighted by Crippen LogP contribution is -2.34. The second-order valence-corrected chi connectivity index (χ2v) is 5.16. The summed E-state index contributed by atoms with van der Waals surface area (Å²) in [4.78, 5) is 10.4. The number of aliphatic carboxylic acids is 1. The van der Waals surface area contributed by atoms with Gasteiger partial charge in [-0.2, -0.15) is 0 Å². The van der Waals surface area contributed by atoms with Crippen molar-refractivity contribution in [2.24, 2.45) is 0 Å². The molecule has 0 saturated heterocycles. The van der Waals surface area contributed by atoms with Crippen molar-refractivity contribution in [3.8, 4) is 5.75 Å². The number of carboxylic acids is 1. The van der Waals surface area contributed by atoms with Gasteiger partial charge in [0.25, 0.3) is 0 Å². The highest BCUT2D eigenvalue weighted by Crippen LogP contribution is 2.24. The van der Waals surface area contributed by atoms with Crippen LogP contribution in [0, 0.1) is 0 Å². The van der Waals surface area contributed by atoms with E-state index in [0.29, 0.717) is 13.2 Å². The molecule has 0 radical (unpaired) electrons. The maximum atomic E-state index is 10.4. The van der Waals surface area contributed by atoms with E-state index >= 15 is 0 Å². The Morgan fingerprint density at radius 3 is 2.47 bits per heavy atom. The number of hydrogen-bond acceptors (Lipinski definition) is 3. The lowest BCUT2D eigenvalue weighted by atomic mass is 9.84. The second kappa shape index (κ2) is 7.14. The summed E-state index contributed by atoms with van der Waals surface area (Å²) in [5.41, 5.74) is 1.17. The summed E-state index contributed by atoms with van der Waals surface area (Å²) < 4.78 is 5.42. The summed E-state index contributed by atoms with van der Waals surface area (Å²) in [5, 5.41) is 11.8. The van der Waals surface area contributed by atoms with Crippen LogP contribution >= 0.6 is 0 Å². The summed E-state index contributed by atoms with van der Waals surface area (Å²) in [6.07, 6.45) is 0.152. The van der Waals surface area contributed by atoms with Crippen LogP contribution in [0.15, 0.2) is 24.3 Å². The van der Waals surface area contributed by atoms with Crippen LogP contribution in [0.25, 0.3) is 0 Å². The quantitative estimate of drug-likeness (QED) is 0.709. The topological polar surface area (TPSA) is 58.6 Å². The molecule has 0 spiro atoms. The highest BCUT2D eigenvalue weighted by atomic mass is 16.5. The Balaban J connectivity index is 2.53. The molecule has 0 atom stereocenters. The zero-order chi connectivity index (χ0) is 14.3. The third kappa shape index (κ3) is 5.30. The van der Waals surface area contributed by atoms with Gasteiger partial charge in [0.1, 0.15) is 5.75 Å². The molecule has 0 aromatic heterocycles. The first kappa shape index (κ1) is 15.5. The van der Waals surface area contributed by atoms with Gasteiger partial charge in [0, 0.05) is 18.5 Å². The monoisotopic (exact) mass is 265 g/mol. The molecule has 0 aliphatic rings. The van der Waals surface area contributed by atoms with Gasteiger partial charge in [-0.25, -0.2) is 0 Å². The smallest absolute Gasteiger partial charge is 0.304 e. The van der Waals surface area contributed by atoms with E-state index in [2.05, 4.69) is 31.3 Å². The van der Waals surface area contributed by atoms with Gasteiger partial charge < -0.3 is 15.2 Å². The fourth-order valence-electron chi connectivity index (χ4n) is 1.87. The number of ether oxygens (including phenoxy) is 1. The van der Waals surface area contributed by atoms with E-state index in [4.69, 9.17) is 9.84 Å². The third-order valence-electron chi connectivity index (χ3n) is 3.03. The number of hydrogen-bond donors (Lipinski definition) is 2. The van der Waals surface area contributed by atoms with Crippen LogP contribution in [0.3, 0.4) is 0 Å². The highest BCUT2D eigenvalue weighted by Gasteiger charge is 2.20. The highest BCUT2D eigenvalue weighted by molar-refractivity contribution is 5.66. The van der Waals surface area contributed by atoms with E-state index in [-0.39, 0.29) is 11.8 Å². The van der Waals surface area contributed by atoms with Crippen molar-refractivity contribution in [1.29, 1.82) is 0 Å². The van der Waals surface area contributed by atoms with Crippen LogP contribution < -0.4 is 10.1 Å². The van der Waals surface area contributed by atoms with E-state index in [1.165, 1.54) is 5.56 Å². The Morgan fingerprint density at radius 1 is 1.32 bits per heavy atom. The standard InChI is InChI=1S/C15H23NO3/c1-4-19-13-7-5-12(6-8-13)15(2,3)11-16-10-9-14(17)18/h5-8,16H,4,9-11H2,1-3H3,(H,17,18).